The molecule has 0 amide bonds. The second-order valence-electron chi connectivity index (χ2n) is 9.30. The number of rotatable bonds is 10. The van der Waals surface area contributed by atoms with E-state index in [1.807, 2.05) is 79.7 Å². The van der Waals surface area contributed by atoms with Gasteiger partial charge in [-0.1, -0.05) is 61.0 Å². The van der Waals surface area contributed by atoms with Crippen LogP contribution in [0.2, 0.25) is 0 Å². The van der Waals surface area contributed by atoms with E-state index in [9.17, 15) is 14.7 Å². The average molecular weight is 495 g/mol. The maximum Gasteiger partial charge on any atom is 0.303 e. The quantitative estimate of drug-likeness (QED) is 0.236. The van der Waals surface area contributed by atoms with Gasteiger partial charge in [-0.25, -0.2) is 0 Å². The lowest BCUT2D eigenvalue weighted by Crippen LogP contribution is -2.24. The SMILES string of the molecule is COc1ccc(C(C)(CCC(=O)O)c2ccc(Oc3ccc(C(=O)c4ccc(C)cc4)cc3)cc2)cc1. The number of methoxy groups -OCH3 is 1. The highest BCUT2D eigenvalue weighted by atomic mass is 16.5. The van der Waals surface area contributed by atoms with Crippen molar-refractivity contribution in [1.82, 2.24) is 0 Å². The van der Waals surface area contributed by atoms with Crippen molar-refractivity contribution in [2.45, 2.75) is 32.1 Å². The number of hydrogen-bond donors (Lipinski definition) is 1. The molecule has 0 bridgehead atoms. The molecule has 0 aliphatic heterocycles. The van der Waals surface area contributed by atoms with Crippen molar-refractivity contribution in [1.29, 1.82) is 0 Å². The first-order valence-electron chi connectivity index (χ1n) is 12.1. The van der Waals surface area contributed by atoms with Crippen molar-refractivity contribution in [3.63, 3.8) is 0 Å². The number of carbonyl (C=O) groups is 2. The molecule has 1 atom stereocenters. The topological polar surface area (TPSA) is 72.8 Å². The van der Waals surface area contributed by atoms with Crippen LogP contribution in [0, 0.1) is 6.92 Å². The van der Waals surface area contributed by atoms with E-state index in [-0.39, 0.29) is 12.2 Å². The highest BCUT2D eigenvalue weighted by molar-refractivity contribution is 6.09. The predicted octanol–water partition coefficient (Wildman–Crippen LogP) is 7.20. The number of benzene rings is 4. The third-order valence-corrected chi connectivity index (χ3v) is 6.72. The average Bonchev–Trinajstić information content (AvgIpc) is 2.92. The largest absolute Gasteiger partial charge is 0.497 e. The van der Waals surface area contributed by atoms with Gasteiger partial charge in [-0.2, -0.15) is 0 Å². The standard InChI is InChI=1S/C32H30O5/c1-22-4-6-23(7-5-22)31(35)24-8-14-28(15-9-24)37-29-18-12-26(13-19-29)32(2,21-20-30(33)34)25-10-16-27(36-3)17-11-25/h4-19H,20-21H2,1-3H3,(H,33,34). The zero-order valence-electron chi connectivity index (χ0n) is 21.2. The van der Waals surface area contributed by atoms with Gasteiger partial charge in [0.05, 0.1) is 7.11 Å². The summed E-state index contributed by atoms with van der Waals surface area (Å²) in [5, 5.41) is 9.33. The second kappa shape index (κ2) is 11.1. The molecular formula is C32H30O5. The van der Waals surface area contributed by atoms with Gasteiger partial charge in [0.15, 0.2) is 5.78 Å². The molecular weight excluding hydrogens is 464 g/mol. The van der Waals surface area contributed by atoms with Crippen molar-refractivity contribution < 1.29 is 24.2 Å². The maximum absolute atomic E-state index is 12.7. The molecule has 1 unspecified atom stereocenters. The lowest BCUT2D eigenvalue weighted by Gasteiger charge is -2.31. The molecule has 0 fully saturated rings. The lowest BCUT2D eigenvalue weighted by molar-refractivity contribution is -0.137. The molecule has 37 heavy (non-hydrogen) atoms. The van der Waals surface area contributed by atoms with Crippen molar-refractivity contribution in [3.8, 4) is 17.2 Å². The van der Waals surface area contributed by atoms with E-state index in [1.54, 1.807) is 31.4 Å². The zero-order chi connectivity index (χ0) is 26.4. The third-order valence-electron chi connectivity index (χ3n) is 6.72. The minimum absolute atomic E-state index is 0.0323. The van der Waals surface area contributed by atoms with E-state index in [0.29, 0.717) is 29.0 Å². The second-order valence-corrected chi connectivity index (χ2v) is 9.30. The smallest absolute Gasteiger partial charge is 0.303 e. The van der Waals surface area contributed by atoms with Crippen molar-refractivity contribution in [2.75, 3.05) is 7.11 Å². The Morgan fingerprint density at radius 2 is 1.14 bits per heavy atom. The van der Waals surface area contributed by atoms with Crippen LogP contribution >= 0.6 is 0 Å². The summed E-state index contributed by atoms with van der Waals surface area (Å²) in [6.45, 7) is 4.04. The van der Waals surface area contributed by atoms with Crippen LogP contribution in [-0.4, -0.2) is 24.0 Å². The summed E-state index contributed by atoms with van der Waals surface area (Å²) in [7, 11) is 1.62. The fourth-order valence-electron chi connectivity index (χ4n) is 4.34. The van der Waals surface area contributed by atoms with Gasteiger partial charge in [-0.15, -0.1) is 0 Å². The Morgan fingerprint density at radius 3 is 1.59 bits per heavy atom. The monoisotopic (exact) mass is 494 g/mol. The molecule has 5 heteroatoms. The van der Waals surface area contributed by atoms with Crippen LogP contribution in [0.15, 0.2) is 97.1 Å². The van der Waals surface area contributed by atoms with Crippen LogP contribution in [0.5, 0.6) is 17.2 Å². The van der Waals surface area contributed by atoms with Gasteiger partial charge in [-0.05, 0) is 73.0 Å². The van der Waals surface area contributed by atoms with Crippen molar-refractivity contribution in [3.05, 3.63) is 125 Å². The third kappa shape index (κ3) is 6.07. The van der Waals surface area contributed by atoms with Crippen LogP contribution in [0.4, 0.5) is 0 Å². The van der Waals surface area contributed by atoms with Crippen molar-refractivity contribution in [2.24, 2.45) is 0 Å². The first kappa shape index (κ1) is 25.7. The predicted molar refractivity (Wildman–Crippen MR) is 144 cm³/mol. The molecule has 0 radical (unpaired) electrons. The molecule has 0 heterocycles. The van der Waals surface area contributed by atoms with E-state index in [2.05, 4.69) is 6.92 Å². The molecule has 1 N–H and O–H groups in total. The summed E-state index contributed by atoms with van der Waals surface area (Å²) in [5.74, 6) is 1.16. The maximum atomic E-state index is 12.7. The molecule has 0 aromatic heterocycles. The van der Waals surface area contributed by atoms with Crippen LogP contribution in [-0.2, 0) is 10.2 Å². The zero-order valence-corrected chi connectivity index (χ0v) is 21.2. The minimum Gasteiger partial charge on any atom is -0.497 e. The number of aryl methyl sites for hydroxylation is 1. The summed E-state index contributed by atoms with van der Waals surface area (Å²) in [5.41, 5.74) is 3.86. The number of carboxylic acids is 1. The molecule has 4 aromatic rings. The highest BCUT2D eigenvalue weighted by Gasteiger charge is 2.29. The molecule has 4 aromatic carbocycles. The van der Waals surface area contributed by atoms with Crippen LogP contribution in [0.1, 0.15) is 52.4 Å². The van der Waals surface area contributed by atoms with Gasteiger partial charge in [0.1, 0.15) is 17.2 Å². The number of ether oxygens (including phenoxy) is 2. The molecule has 5 nitrogen and oxygen atoms in total. The first-order chi connectivity index (χ1) is 17.8. The Labute approximate surface area is 217 Å². The Kier molecular flexibility index (Phi) is 7.73. The normalized spacial score (nSPS) is 12.4. The van der Waals surface area contributed by atoms with E-state index in [1.165, 1.54) is 0 Å². The highest BCUT2D eigenvalue weighted by Crippen LogP contribution is 2.38. The number of ketones is 1. The fourth-order valence-corrected chi connectivity index (χ4v) is 4.34. The minimum atomic E-state index is -0.830. The van der Waals surface area contributed by atoms with Crippen LogP contribution in [0.25, 0.3) is 0 Å². The fraction of sp³-hybridized carbons (Fsp3) is 0.188. The van der Waals surface area contributed by atoms with E-state index < -0.39 is 11.4 Å². The van der Waals surface area contributed by atoms with E-state index in [4.69, 9.17) is 9.47 Å². The van der Waals surface area contributed by atoms with Crippen molar-refractivity contribution >= 4 is 11.8 Å². The molecule has 4 rings (SSSR count). The molecule has 0 spiro atoms. The van der Waals surface area contributed by atoms with Crippen LogP contribution in [0.3, 0.4) is 0 Å². The van der Waals surface area contributed by atoms with Gasteiger partial charge >= 0.3 is 5.97 Å². The summed E-state index contributed by atoms with van der Waals surface area (Å²) in [6, 6.07) is 30.0. The van der Waals surface area contributed by atoms with Gasteiger partial charge in [0.2, 0.25) is 0 Å². The van der Waals surface area contributed by atoms with Gasteiger partial charge in [-0.3, -0.25) is 9.59 Å². The number of carboxylic acid groups (broad SMARTS) is 1. The van der Waals surface area contributed by atoms with E-state index in [0.717, 1.165) is 22.4 Å². The summed E-state index contributed by atoms with van der Waals surface area (Å²) in [4.78, 5) is 24.1. The van der Waals surface area contributed by atoms with Gasteiger partial charge < -0.3 is 14.6 Å². The summed E-state index contributed by atoms with van der Waals surface area (Å²) in [6.07, 6.45) is 0.500. The molecule has 0 aliphatic carbocycles. The van der Waals surface area contributed by atoms with Crippen LogP contribution < -0.4 is 9.47 Å². The van der Waals surface area contributed by atoms with Gasteiger partial charge in [0.25, 0.3) is 0 Å². The summed E-state index contributed by atoms with van der Waals surface area (Å²) >= 11 is 0. The first-order valence-corrected chi connectivity index (χ1v) is 12.1. The number of carbonyl (C=O) groups excluding carboxylic acids is 1. The molecule has 0 saturated heterocycles. The lowest BCUT2D eigenvalue weighted by atomic mass is 9.73. The molecule has 0 saturated carbocycles. The van der Waals surface area contributed by atoms with E-state index >= 15 is 0 Å². The molecule has 188 valence electrons. The Balaban J connectivity index is 1.51. The Morgan fingerprint density at radius 1 is 0.703 bits per heavy atom. The Hall–Kier alpha value is -4.38. The number of hydrogen-bond acceptors (Lipinski definition) is 4. The number of aliphatic carboxylic acids is 1. The Bertz CT molecular complexity index is 1360. The summed E-state index contributed by atoms with van der Waals surface area (Å²) < 4.78 is 11.3. The van der Waals surface area contributed by atoms with Gasteiger partial charge in [0, 0.05) is 23.0 Å². The molecule has 0 aliphatic rings.